The van der Waals surface area contributed by atoms with Gasteiger partial charge in [0.2, 0.25) is 0 Å². The largest absolute Gasteiger partial charge is 0.358 e. The van der Waals surface area contributed by atoms with Gasteiger partial charge >= 0.3 is 0 Å². The van der Waals surface area contributed by atoms with Gasteiger partial charge in [0.1, 0.15) is 0 Å². The van der Waals surface area contributed by atoms with Crippen LogP contribution in [0.1, 0.15) is 51.3 Å². The number of H-pyrrole nitrogens is 1. The van der Waals surface area contributed by atoms with Gasteiger partial charge in [-0.15, -0.1) is 0 Å². The van der Waals surface area contributed by atoms with Crippen molar-refractivity contribution in [2.45, 2.75) is 59.5 Å². The molecule has 1 aromatic carbocycles. The molecule has 0 amide bonds. The number of rotatable bonds is 2. The van der Waals surface area contributed by atoms with Crippen LogP contribution < -0.4 is 5.43 Å². The SMILES string of the molecule is Cc1[nH]c2ccccc2c(=O)c1CN1CC2(C)CC1CC(C)(C)C2. The van der Waals surface area contributed by atoms with Crippen LogP contribution in [0.15, 0.2) is 29.1 Å². The summed E-state index contributed by atoms with van der Waals surface area (Å²) < 4.78 is 0. The Kier molecular flexibility index (Phi) is 3.44. The summed E-state index contributed by atoms with van der Waals surface area (Å²) in [5, 5.41) is 0.812. The smallest absolute Gasteiger partial charge is 0.194 e. The molecule has 3 heteroatoms. The van der Waals surface area contributed by atoms with E-state index in [1.807, 2.05) is 31.2 Å². The van der Waals surface area contributed by atoms with E-state index in [-0.39, 0.29) is 5.43 Å². The number of nitrogens with zero attached hydrogens (tertiary/aromatic N) is 1. The van der Waals surface area contributed by atoms with Gasteiger partial charge in [0, 0.05) is 41.3 Å². The number of benzene rings is 1. The Labute approximate surface area is 144 Å². The van der Waals surface area contributed by atoms with E-state index in [4.69, 9.17) is 0 Å². The Morgan fingerprint density at radius 3 is 2.75 bits per heavy atom. The number of para-hydroxylation sites is 1. The van der Waals surface area contributed by atoms with Gasteiger partial charge in [0.15, 0.2) is 5.43 Å². The Morgan fingerprint density at radius 1 is 1.21 bits per heavy atom. The number of hydrogen-bond acceptors (Lipinski definition) is 2. The van der Waals surface area contributed by atoms with Crippen LogP contribution in [0.3, 0.4) is 0 Å². The Morgan fingerprint density at radius 2 is 1.96 bits per heavy atom. The lowest BCUT2D eigenvalue weighted by atomic mass is 9.65. The van der Waals surface area contributed by atoms with Crippen LogP contribution in [0.2, 0.25) is 0 Å². The zero-order chi connectivity index (χ0) is 17.1. The Hall–Kier alpha value is -1.61. The van der Waals surface area contributed by atoms with Crippen LogP contribution in [0.5, 0.6) is 0 Å². The zero-order valence-corrected chi connectivity index (χ0v) is 15.3. The Balaban J connectivity index is 1.70. The highest BCUT2D eigenvalue weighted by molar-refractivity contribution is 5.79. The lowest BCUT2D eigenvalue weighted by Crippen LogP contribution is -2.35. The molecule has 4 rings (SSSR count). The summed E-state index contributed by atoms with van der Waals surface area (Å²) in [5.41, 5.74) is 3.93. The molecule has 2 heterocycles. The normalized spacial score (nSPS) is 29.2. The standard InChI is InChI=1S/C21H28N2O/c1-14-17(19(24)16-7-5-6-8-18(16)22-14)11-23-13-21(4)10-15(23)9-20(2,3)12-21/h5-8,15H,9-13H2,1-4H3,(H,22,24). The van der Waals surface area contributed by atoms with E-state index in [2.05, 4.69) is 30.7 Å². The maximum atomic E-state index is 13.0. The number of aryl methyl sites for hydroxylation is 1. The number of pyridine rings is 1. The third kappa shape index (κ3) is 2.59. The number of fused-ring (bicyclic) bond motifs is 3. The van der Waals surface area contributed by atoms with Crippen molar-refractivity contribution in [3.63, 3.8) is 0 Å². The first kappa shape index (κ1) is 15.9. The second kappa shape index (κ2) is 5.19. The molecule has 1 aliphatic carbocycles. The number of aromatic amines is 1. The number of hydrogen-bond donors (Lipinski definition) is 1. The quantitative estimate of drug-likeness (QED) is 0.897. The minimum absolute atomic E-state index is 0.202. The van der Waals surface area contributed by atoms with Crippen molar-refractivity contribution in [1.29, 1.82) is 0 Å². The van der Waals surface area contributed by atoms with E-state index in [0.717, 1.165) is 35.2 Å². The predicted octanol–water partition coefficient (Wildman–Crippen LogP) is 4.24. The lowest BCUT2D eigenvalue weighted by Gasteiger charge is -2.40. The minimum Gasteiger partial charge on any atom is -0.358 e. The lowest BCUT2D eigenvalue weighted by molar-refractivity contribution is 0.126. The van der Waals surface area contributed by atoms with Crippen LogP contribution in [0, 0.1) is 17.8 Å². The van der Waals surface area contributed by atoms with Crippen molar-refractivity contribution in [2.24, 2.45) is 10.8 Å². The number of nitrogens with one attached hydrogen (secondary N) is 1. The molecule has 2 aromatic rings. The first-order valence-corrected chi connectivity index (χ1v) is 9.11. The first-order valence-electron chi connectivity index (χ1n) is 9.11. The second-order valence-corrected chi connectivity index (χ2v) is 9.22. The molecule has 1 N–H and O–H groups in total. The van der Waals surface area contributed by atoms with Gasteiger partial charge in [0.25, 0.3) is 0 Å². The van der Waals surface area contributed by atoms with Crippen molar-refractivity contribution in [3.05, 3.63) is 45.7 Å². The molecule has 1 saturated heterocycles. The van der Waals surface area contributed by atoms with Crippen molar-refractivity contribution in [2.75, 3.05) is 6.54 Å². The maximum absolute atomic E-state index is 13.0. The summed E-state index contributed by atoms with van der Waals surface area (Å²) >= 11 is 0. The van der Waals surface area contributed by atoms with Gasteiger partial charge in [-0.3, -0.25) is 9.69 Å². The first-order chi connectivity index (χ1) is 11.3. The van der Waals surface area contributed by atoms with Crippen LogP contribution in [-0.2, 0) is 6.54 Å². The highest BCUT2D eigenvalue weighted by Gasteiger charge is 2.49. The fourth-order valence-electron chi connectivity index (χ4n) is 5.56. The molecular weight excluding hydrogens is 296 g/mol. The maximum Gasteiger partial charge on any atom is 0.194 e. The fourth-order valence-corrected chi connectivity index (χ4v) is 5.56. The molecule has 3 nitrogen and oxygen atoms in total. The van der Waals surface area contributed by atoms with Crippen LogP contribution in [-0.4, -0.2) is 22.5 Å². The summed E-state index contributed by atoms with van der Waals surface area (Å²) in [6.45, 7) is 11.2. The third-order valence-electron chi connectivity index (χ3n) is 6.10. The fraction of sp³-hybridized carbons (Fsp3) is 0.571. The molecule has 24 heavy (non-hydrogen) atoms. The van der Waals surface area contributed by atoms with E-state index in [1.54, 1.807) is 0 Å². The van der Waals surface area contributed by atoms with E-state index in [1.165, 1.54) is 19.3 Å². The van der Waals surface area contributed by atoms with Crippen LogP contribution in [0.4, 0.5) is 0 Å². The topological polar surface area (TPSA) is 36.1 Å². The molecule has 2 aliphatic rings. The highest BCUT2D eigenvalue weighted by Crippen LogP contribution is 2.52. The summed E-state index contributed by atoms with van der Waals surface area (Å²) in [4.78, 5) is 19.0. The second-order valence-electron chi connectivity index (χ2n) is 9.22. The van der Waals surface area contributed by atoms with Crippen molar-refractivity contribution < 1.29 is 0 Å². The van der Waals surface area contributed by atoms with Gasteiger partial charge in [-0.05, 0) is 49.1 Å². The van der Waals surface area contributed by atoms with Crippen molar-refractivity contribution >= 4 is 10.9 Å². The third-order valence-corrected chi connectivity index (χ3v) is 6.10. The molecule has 1 aromatic heterocycles. The van der Waals surface area contributed by atoms with Crippen LogP contribution >= 0.6 is 0 Å². The highest BCUT2D eigenvalue weighted by atomic mass is 16.1. The number of aromatic nitrogens is 1. The summed E-state index contributed by atoms with van der Waals surface area (Å²) in [6.07, 6.45) is 3.81. The van der Waals surface area contributed by atoms with Gasteiger partial charge in [-0.2, -0.15) is 0 Å². The summed E-state index contributed by atoms with van der Waals surface area (Å²) in [6, 6.07) is 8.46. The van der Waals surface area contributed by atoms with Gasteiger partial charge in [-0.1, -0.05) is 32.9 Å². The Bertz CT molecular complexity index is 851. The molecule has 2 bridgehead atoms. The summed E-state index contributed by atoms with van der Waals surface area (Å²) in [5.74, 6) is 0. The molecule has 2 unspecified atom stereocenters. The average Bonchev–Trinajstić information content (AvgIpc) is 2.72. The van der Waals surface area contributed by atoms with Gasteiger partial charge < -0.3 is 4.98 Å². The van der Waals surface area contributed by atoms with Gasteiger partial charge in [-0.25, -0.2) is 0 Å². The minimum atomic E-state index is 0.202. The molecule has 0 radical (unpaired) electrons. The summed E-state index contributed by atoms with van der Waals surface area (Å²) in [7, 11) is 0. The predicted molar refractivity (Wildman–Crippen MR) is 99.2 cm³/mol. The molecule has 128 valence electrons. The van der Waals surface area contributed by atoms with E-state index in [0.29, 0.717) is 16.9 Å². The van der Waals surface area contributed by atoms with Crippen molar-refractivity contribution in [1.82, 2.24) is 9.88 Å². The monoisotopic (exact) mass is 324 g/mol. The van der Waals surface area contributed by atoms with E-state index < -0.39 is 0 Å². The van der Waals surface area contributed by atoms with E-state index >= 15 is 0 Å². The van der Waals surface area contributed by atoms with Crippen LogP contribution in [0.25, 0.3) is 10.9 Å². The zero-order valence-electron chi connectivity index (χ0n) is 15.3. The molecule has 2 fully saturated rings. The van der Waals surface area contributed by atoms with E-state index in [9.17, 15) is 4.79 Å². The average molecular weight is 324 g/mol. The molecule has 1 saturated carbocycles. The molecular formula is C21H28N2O. The number of likely N-dealkylation sites (tertiary alicyclic amines) is 1. The van der Waals surface area contributed by atoms with Gasteiger partial charge in [0.05, 0.1) is 0 Å². The molecule has 0 spiro atoms. The molecule has 1 aliphatic heterocycles. The van der Waals surface area contributed by atoms with Crippen molar-refractivity contribution in [3.8, 4) is 0 Å². The molecule has 2 atom stereocenters.